The van der Waals surface area contributed by atoms with Gasteiger partial charge in [-0.2, -0.15) is 5.10 Å². The van der Waals surface area contributed by atoms with Crippen LogP contribution in [0.2, 0.25) is 5.02 Å². The molecule has 0 aliphatic carbocycles. The molecule has 0 saturated heterocycles. The summed E-state index contributed by atoms with van der Waals surface area (Å²) in [5.74, 6) is 1.64. The Bertz CT molecular complexity index is 1310. The average molecular weight is 487 g/mol. The van der Waals surface area contributed by atoms with E-state index in [0.29, 0.717) is 46.0 Å². The van der Waals surface area contributed by atoms with E-state index in [9.17, 15) is 4.79 Å². The van der Waals surface area contributed by atoms with Gasteiger partial charge >= 0.3 is 0 Å². The van der Waals surface area contributed by atoms with Crippen LogP contribution in [-0.4, -0.2) is 30.6 Å². The molecule has 0 aliphatic heterocycles. The predicted octanol–water partition coefficient (Wildman–Crippen LogP) is 5.05. The summed E-state index contributed by atoms with van der Waals surface area (Å²) in [5, 5.41) is 12.8. The van der Waals surface area contributed by atoms with Gasteiger partial charge in [0.05, 0.1) is 23.3 Å². The molecule has 11 heteroatoms. The minimum absolute atomic E-state index is 0.169. The number of nitrogens with zero attached hydrogens (tertiary/aromatic N) is 4. The third-order valence-corrected chi connectivity index (χ3v) is 5.99. The number of allylic oxidation sites excluding steroid dienone is 1. The van der Waals surface area contributed by atoms with Crippen molar-refractivity contribution in [3.63, 3.8) is 0 Å². The third kappa shape index (κ3) is 5.21. The van der Waals surface area contributed by atoms with Crippen molar-refractivity contribution in [2.75, 3.05) is 5.32 Å². The van der Waals surface area contributed by atoms with Gasteiger partial charge in [0.25, 0.3) is 0 Å². The van der Waals surface area contributed by atoms with Crippen molar-refractivity contribution in [3.05, 3.63) is 75.7 Å². The minimum atomic E-state index is -0.169. The van der Waals surface area contributed by atoms with Crippen molar-refractivity contribution in [2.24, 2.45) is 0 Å². The first-order chi connectivity index (χ1) is 15.5. The number of halogens is 1. The van der Waals surface area contributed by atoms with Crippen LogP contribution < -0.4 is 5.32 Å². The van der Waals surface area contributed by atoms with Crippen molar-refractivity contribution in [3.8, 4) is 11.3 Å². The summed E-state index contributed by atoms with van der Waals surface area (Å²) < 4.78 is 8.13. The molecule has 0 radical (unpaired) electrons. The largest absolute Gasteiger partial charge is 0.441 e. The van der Waals surface area contributed by atoms with Gasteiger partial charge in [0.2, 0.25) is 5.91 Å². The van der Waals surface area contributed by atoms with Gasteiger partial charge in [-0.25, -0.2) is 9.97 Å². The van der Waals surface area contributed by atoms with E-state index in [1.165, 1.54) is 11.3 Å². The summed E-state index contributed by atoms with van der Waals surface area (Å²) >= 11 is 12.8. The first-order valence-corrected chi connectivity index (χ1v) is 11.4. The lowest BCUT2D eigenvalue weighted by Gasteiger charge is -2.02. The number of rotatable bonds is 9. The van der Waals surface area contributed by atoms with Crippen LogP contribution in [0.4, 0.5) is 5.13 Å². The van der Waals surface area contributed by atoms with Crippen molar-refractivity contribution in [1.29, 1.82) is 0 Å². The van der Waals surface area contributed by atoms with E-state index < -0.39 is 0 Å². The molecule has 164 valence electrons. The molecule has 4 aromatic rings. The van der Waals surface area contributed by atoms with E-state index in [-0.39, 0.29) is 12.3 Å². The summed E-state index contributed by atoms with van der Waals surface area (Å²) in [4.78, 5) is 21.1. The van der Waals surface area contributed by atoms with E-state index in [2.05, 4.69) is 32.1 Å². The fraction of sp³-hybridized carbons (Fsp3) is 0.190. The number of thiazole rings is 1. The standard InChI is InChI=1S/C21H19ClN6O2S2/c1-2-9-28-17(26-27-21(28)31)10-13-12-32-20(24-13)25-18(29)7-8-19-23-11-16(30-19)14-5-3-4-6-15(14)22/h2-6,11-12H,1,7-10H2,(H,27,31)(H,24,25,29). The number of oxazole rings is 1. The number of carbonyl (C=O) groups is 1. The number of benzene rings is 1. The summed E-state index contributed by atoms with van der Waals surface area (Å²) in [6.07, 6.45) is 4.45. The maximum absolute atomic E-state index is 12.3. The van der Waals surface area contributed by atoms with E-state index in [1.54, 1.807) is 18.3 Å². The highest BCUT2D eigenvalue weighted by Gasteiger charge is 2.13. The Morgan fingerprint density at radius 2 is 2.25 bits per heavy atom. The molecule has 8 nitrogen and oxygen atoms in total. The number of aromatic amines is 1. The van der Waals surface area contributed by atoms with Crippen LogP contribution in [-0.2, 0) is 24.2 Å². The number of carbonyl (C=O) groups excluding carboxylic acids is 1. The number of hydrogen-bond donors (Lipinski definition) is 2. The van der Waals surface area contributed by atoms with Gasteiger partial charge < -0.3 is 9.73 Å². The predicted molar refractivity (Wildman–Crippen MR) is 126 cm³/mol. The summed E-state index contributed by atoms with van der Waals surface area (Å²) in [6.45, 7) is 4.30. The second-order valence-electron chi connectivity index (χ2n) is 6.81. The maximum Gasteiger partial charge on any atom is 0.226 e. The van der Waals surface area contributed by atoms with Crippen molar-refractivity contribution < 1.29 is 9.21 Å². The fourth-order valence-corrected chi connectivity index (χ4v) is 4.20. The molecule has 0 atom stereocenters. The average Bonchev–Trinajstić information content (AvgIpc) is 3.50. The van der Waals surface area contributed by atoms with Gasteiger partial charge in [0.15, 0.2) is 21.6 Å². The Balaban J connectivity index is 1.32. The third-order valence-electron chi connectivity index (χ3n) is 4.55. The first kappa shape index (κ1) is 22.1. The second-order valence-corrected chi connectivity index (χ2v) is 8.46. The van der Waals surface area contributed by atoms with Gasteiger partial charge in [-0.1, -0.05) is 29.8 Å². The molecule has 0 fully saturated rings. The van der Waals surface area contributed by atoms with E-state index >= 15 is 0 Å². The number of nitrogens with one attached hydrogen (secondary N) is 2. The maximum atomic E-state index is 12.3. The summed E-state index contributed by atoms with van der Waals surface area (Å²) in [6, 6.07) is 7.37. The highest BCUT2D eigenvalue weighted by Crippen LogP contribution is 2.28. The van der Waals surface area contributed by atoms with Crippen LogP contribution in [0.15, 0.2) is 52.9 Å². The van der Waals surface area contributed by atoms with Crippen LogP contribution in [0.25, 0.3) is 11.3 Å². The van der Waals surface area contributed by atoms with Gasteiger partial charge in [-0.05, 0) is 24.4 Å². The number of aryl methyl sites for hydroxylation is 1. The van der Waals surface area contributed by atoms with Crippen LogP contribution in [0.5, 0.6) is 0 Å². The lowest BCUT2D eigenvalue weighted by Crippen LogP contribution is -2.12. The zero-order valence-corrected chi connectivity index (χ0v) is 19.3. The van der Waals surface area contributed by atoms with Crippen molar-refractivity contribution >= 4 is 46.2 Å². The molecular weight excluding hydrogens is 468 g/mol. The number of anilines is 1. The number of amides is 1. The second kappa shape index (κ2) is 10.0. The van der Waals surface area contributed by atoms with Gasteiger partial charge in [0.1, 0.15) is 5.82 Å². The molecule has 0 saturated carbocycles. The molecule has 1 amide bonds. The van der Waals surface area contributed by atoms with Crippen LogP contribution in [0, 0.1) is 4.77 Å². The van der Waals surface area contributed by atoms with E-state index in [1.807, 2.05) is 28.1 Å². The van der Waals surface area contributed by atoms with Crippen LogP contribution >= 0.6 is 35.2 Å². The zero-order chi connectivity index (χ0) is 22.5. The molecule has 0 aliphatic rings. The Hall–Kier alpha value is -3.08. The lowest BCUT2D eigenvalue weighted by molar-refractivity contribution is -0.116. The normalized spacial score (nSPS) is 10.9. The minimum Gasteiger partial charge on any atom is -0.441 e. The Kier molecular flexibility index (Phi) is 6.93. The molecule has 3 aromatic heterocycles. The smallest absolute Gasteiger partial charge is 0.226 e. The Labute approximate surface area is 198 Å². The van der Waals surface area contributed by atoms with Crippen molar-refractivity contribution in [1.82, 2.24) is 24.7 Å². The molecule has 0 unspecified atom stereocenters. The highest BCUT2D eigenvalue weighted by atomic mass is 35.5. The number of aromatic nitrogens is 5. The monoisotopic (exact) mass is 486 g/mol. The molecular formula is C21H19ClN6O2S2. The van der Waals surface area contributed by atoms with Gasteiger partial charge in [-0.3, -0.25) is 14.5 Å². The van der Waals surface area contributed by atoms with E-state index in [0.717, 1.165) is 17.1 Å². The Morgan fingerprint density at radius 3 is 3.06 bits per heavy atom. The first-order valence-electron chi connectivity index (χ1n) is 9.72. The van der Waals surface area contributed by atoms with Crippen molar-refractivity contribution in [2.45, 2.75) is 25.8 Å². The summed E-state index contributed by atoms with van der Waals surface area (Å²) in [7, 11) is 0. The molecule has 1 aromatic carbocycles. The zero-order valence-electron chi connectivity index (χ0n) is 16.9. The Morgan fingerprint density at radius 1 is 1.41 bits per heavy atom. The lowest BCUT2D eigenvalue weighted by atomic mass is 10.2. The number of hydrogen-bond acceptors (Lipinski definition) is 7. The molecule has 3 heterocycles. The topological polar surface area (TPSA) is 102 Å². The molecule has 0 spiro atoms. The molecule has 2 N–H and O–H groups in total. The van der Waals surface area contributed by atoms with Crippen LogP contribution in [0.3, 0.4) is 0 Å². The fourth-order valence-electron chi connectivity index (χ4n) is 3.02. The van der Waals surface area contributed by atoms with E-state index in [4.69, 9.17) is 28.2 Å². The summed E-state index contributed by atoms with van der Waals surface area (Å²) in [5.41, 5.74) is 1.56. The van der Waals surface area contributed by atoms with Crippen LogP contribution in [0.1, 0.15) is 23.8 Å². The quantitative estimate of drug-likeness (QED) is 0.253. The molecule has 4 rings (SSSR count). The SMILES string of the molecule is C=CCn1c(Cc2csc(NC(=O)CCc3ncc(-c4ccccc4Cl)o3)n2)n[nH]c1=S. The highest BCUT2D eigenvalue weighted by molar-refractivity contribution is 7.71. The molecule has 32 heavy (non-hydrogen) atoms. The number of H-pyrrole nitrogens is 1. The van der Waals surface area contributed by atoms with Gasteiger partial charge in [-0.15, -0.1) is 17.9 Å². The molecule has 0 bridgehead atoms. The van der Waals surface area contributed by atoms with Gasteiger partial charge in [0, 0.05) is 30.3 Å².